The second kappa shape index (κ2) is 5.63. The molecule has 0 radical (unpaired) electrons. The lowest BCUT2D eigenvalue weighted by Crippen LogP contribution is -2.20. The lowest BCUT2D eigenvalue weighted by molar-refractivity contribution is -0.136. The number of carbonyl (C=O) groups is 1. The number of carboxylic acids is 1. The van der Waals surface area contributed by atoms with E-state index in [1.54, 1.807) is 0 Å². The van der Waals surface area contributed by atoms with Crippen LogP contribution < -0.4 is 10.6 Å². The highest BCUT2D eigenvalue weighted by molar-refractivity contribution is 5.68. The average molecular weight is 298 g/mol. The first-order valence-electron chi connectivity index (χ1n) is 7.21. The fourth-order valence-electron chi connectivity index (χ4n) is 2.87. The number of rotatable bonds is 4. The third-order valence-electron chi connectivity index (χ3n) is 3.94. The number of nitrogen functional groups attached to an aromatic ring is 1. The zero-order valence-electron chi connectivity index (χ0n) is 12.4. The molecule has 3 rings (SSSR count). The Morgan fingerprint density at radius 2 is 1.91 bits per heavy atom. The van der Waals surface area contributed by atoms with E-state index in [1.165, 1.54) is 11.1 Å². The maximum Gasteiger partial charge on any atom is 0.303 e. The van der Waals surface area contributed by atoms with Crippen LogP contribution >= 0.6 is 0 Å². The van der Waals surface area contributed by atoms with Crippen molar-refractivity contribution in [1.82, 2.24) is 9.97 Å². The van der Waals surface area contributed by atoms with Gasteiger partial charge in [0, 0.05) is 30.8 Å². The minimum atomic E-state index is -0.827. The average Bonchev–Trinajstić information content (AvgIpc) is 2.89. The predicted octanol–water partition coefficient (Wildman–Crippen LogP) is 1.90. The van der Waals surface area contributed by atoms with E-state index in [9.17, 15) is 4.79 Å². The molecule has 2 heterocycles. The Morgan fingerprint density at radius 3 is 2.50 bits per heavy atom. The summed E-state index contributed by atoms with van der Waals surface area (Å²) in [6.07, 6.45) is 0.464. The number of hydrogen-bond acceptors (Lipinski definition) is 5. The van der Waals surface area contributed by atoms with E-state index in [0.717, 1.165) is 30.2 Å². The van der Waals surface area contributed by atoms with Crippen molar-refractivity contribution < 1.29 is 9.90 Å². The van der Waals surface area contributed by atoms with Gasteiger partial charge in [0.05, 0.1) is 0 Å². The Kier molecular flexibility index (Phi) is 3.66. The van der Waals surface area contributed by atoms with Gasteiger partial charge in [0.1, 0.15) is 5.82 Å². The summed E-state index contributed by atoms with van der Waals surface area (Å²) in [5, 5.41) is 8.94. The highest BCUT2D eigenvalue weighted by Gasteiger charge is 2.24. The molecular weight excluding hydrogens is 280 g/mol. The highest BCUT2D eigenvalue weighted by Crippen LogP contribution is 2.31. The minimum absolute atomic E-state index is 0.0574. The Hall–Kier alpha value is -2.63. The number of aromatic nitrogens is 2. The van der Waals surface area contributed by atoms with Crippen LogP contribution in [0.1, 0.15) is 28.8 Å². The summed E-state index contributed by atoms with van der Waals surface area (Å²) >= 11 is 0. The van der Waals surface area contributed by atoms with E-state index in [4.69, 9.17) is 10.8 Å². The van der Waals surface area contributed by atoms with E-state index in [-0.39, 0.29) is 12.4 Å². The van der Waals surface area contributed by atoms with E-state index < -0.39 is 5.97 Å². The van der Waals surface area contributed by atoms with Gasteiger partial charge in [-0.2, -0.15) is 4.98 Å². The van der Waals surface area contributed by atoms with Gasteiger partial charge in [0.25, 0.3) is 0 Å². The van der Waals surface area contributed by atoms with Crippen molar-refractivity contribution in [1.29, 1.82) is 0 Å². The third-order valence-corrected chi connectivity index (χ3v) is 3.94. The number of aryl methyl sites for hydroxylation is 1. The van der Waals surface area contributed by atoms with Gasteiger partial charge in [-0.1, -0.05) is 24.3 Å². The summed E-state index contributed by atoms with van der Waals surface area (Å²) in [6, 6.07) is 8.24. The SMILES string of the molecule is Cc1nc(N)nc(N2Cc3ccccc3C2)c1CCC(=O)O. The van der Waals surface area contributed by atoms with E-state index in [2.05, 4.69) is 27.0 Å². The summed E-state index contributed by atoms with van der Waals surface area (Å²) in [4.78, 5) is 21.6. The molecule has 3 N–H and O–H groups in total. The van der Waals surface area contributed by atoms with Crippen molar-refractivity contribution in [2.24, 2.45) is 0 Å². The summed E-state index contributed by atoms with van der Waals surface area (Å²) in [6.45, 7) is 3.36. The van der Waals surface area contributed by atoms with Gasteiger partial charge in [0.2, 0.25) is 5.95 Å². The molecule has 6 nitrogen and oxygen atoms in total. The molecule has 0 unspecified atom stereocenters. The molecule has 22 heavy (non-hydrogen) atoms. The van der Waals surface area contributed by atoms with Crippen molar-refractivity contribution >= 4 is 17.7 Å². The van der Waals surface area contributed by atoms with Crippen LogP contribution in [0.4, 0.5) is 11.8 Å². The molecule has 6 heteroatoms. The van der Waals surface area contributed by atoms with E-state index in [0.29, 0.717) is 6.42 Å². The molecule has 2 aromatic rings. The first kappa shape index (κ1) is 14.3. The zero-order valence-corrected chi connectivity index (χ0v) is 12.4. The Balaban J connectivity index is 1.95. The van der Waals surface area contributed by atoms with E-state index in [1.807, 2.05) is 19.1 Å². The van der Waals surface area contributed by atoms with Crippen LogP contribution in [-0.4, -0.2) is 21.0 Å². The fourth-order valence-corrected chi connectivity index (χ4v) is 2.87. The molecule has 0 atom stereocenters. The molecule has 1 aliphatic rings. The Morgan fingerprint density at radius 1 is 1.27 bits per heavy atom. The number of aliphatic carboxylic acids is 1. The lowest BCUT2D eigenvalue weighted by atomic mass is 10.1. The van der Waals surface area contributed by atoms with Crippen molar-refractivity contribution in [2.45, 2.75) is 32.9 Å². The second-order valence-corrected chi connectivity index (χ2v) is 5.49. The van der Waals surface area contributed by atoms with Crippen LogP contribution in [0, 0.1) is 6.92 Å². The molecule has 0 spiro atoms. The molecule has 1 aromatic heterocycles. The van der Waals surface area contributed by atoms with Crippen LogP contribution in [0.3, 0.4) is 0 Å². The molecule has 114 valence electrons. The predicted molar refractivity (Wildman–Crippen MR) is 83.5 cm³/mol. The van der Waals surface area contributed by atoms with Crippen LogP contribution in [0.15, 0.2) is 24.3 Å². The zero-order chi connectivity index (χ0) is 15.7. The van der Waals surface area contributed by atoms with Gasteiger partial charge in [-0.3, -0.25) is 4.79 Å². The molecule has 0 amide bonds. The second-order valence-electron chi connectivity index (χ2n) is 5.49. The fraction of sp³-hybridized carbons (Fsp3) is 0.312. The summed E-state index contributed by atoms with van der Waals surface area (Å²) in [5.74, 6) is 0.150. The van der Waals surface area contributed by atoms with Crippen molar-refractivity contribution in [3.05, 3.63) is 46.6 Å². The number of fused-ring (bicyclic) bond motifs is 1. The highest BCUT2D eigenvalue weighted by atomic mass is 16.4. The molecular formula is C16H18N4O2. The molecule has 0 saturated carbocycles. The smallest absolute Gasteiger partial charge is 0.303 e. The molecule has 0 saturated heterocycles. The summed E-state index contributed by atoms with van der Waals surface area (Å²) < 4.78 is 0. The molecule has 1 aromatic carbocycles. The van der Waals surface area contributed by atoms with Crippen molar-refractivity contribution in [2.75, 3.05) is 10.6 Å². The first-order valence-corrected chi connectivity index (χ1v) is 7.21. The van der Waals surface area contributed by atoms with Crippen LogP contribution in [-0.2, 0) is 24.3 Å². The standard InChI is InChI=1S/C16H18N4O2/c1-10-13(6-7-14(21)22)15(19-16(17)18-10)20-8-11-4-2-3-5-12(11)9-20/h2-5H,6-9H2,1H3,(H,21,22)(H2,17,18,19). The lowest BCUT2D eigenvalue weighted by Gasteiger charge is -2.21. The van der Waals surface area contributed by atoms with Gasteiger partial charge >= 0.3 is 5.97 Å². The molecule has 1 aliphatic heterocycles. The third kappa shape index (κ3) is 2.72. The van der Waals surface area contributed by atoms with Crippen LogP contribution in [0.25, 0.3) is 0 Å². The Labute approximate surface area is 128 Å². The number of benzene rings is 1. The number of nitrogens with zero attached hydrogens (tertiary/aromatic N) is 3. The van der Waals surface area contributed by atoms with Gasteiger partial charge < -0.3 is 15.7 Å². The largest absolute Gasteiger partial charge is 0.481 e. The maximum atomic E-state index is 10.9. The topological polar surface area (TPSA) is 92.3 Å². The molecule has 0 fully saturated rings. The molecule has 0 bridgehead atoms. The summed E-state index contributed by atoms with van der Waals surface area (Å²) in [7, 11) is 0. The number of anilines is 2. The van der Waals surface area contributed by atoms with Gasteiger partial charge in [-0.15, -0.1) is 0 Å². The summed E-state index contributed by atoms with van der Waals surface area (Å²) in [5.41, 5.74) is 9.94. The van der Waals surface area contributed by atoms with Crippen molar-refractivity contribution in [3.63, 3.8) is 0 Å². The quantitative estimate of drug-likeness (QED) is 0.895. The van der Waals surface area contributed by atoms with Gasteiger partial charge in [-0.05, 0) is 24.5 Å². The first-order chi connectivity index (χ1) is 10.5. The van der Waals surface area contributed by atoms with Crippen LogP contribution in [0.5, 0.6) is 0 Å². The van der Waals surface area contributed by atoms with Gasteiger partial charge in [0.15, 0.2) is 0 Å². The normalized spacial score (nSPS) is 13.2. The number of nitrogens with two attached hydrogens (primary N) is 1. The van der Waals surface area contributed by atoms with E-state index >= 15 is 0 Å². The maximum absolute atomic E-state index is 10.9. The molecule has 0 aliphatic carbocycles. The van der Waals surface area contributed by atoms with Crippen LogP contribution in [0.2, 0.25) is 0 Å². The van der Waals surface area contributed by atoms with Crippen molar-refractivity contribution in [3.8, 4) is 0 Å². The van der Waals surface area contributed by atoms with Gasteiger partial charge in [-0.25, -0.2) is 4.98 Å². The monoisotopic (exact) mass is 298 g/mol. The minimum Gasteiger partial charge on any atom is -0.481 e. The Bertz CT molecular complexity index is 705. The number of hydrogen-bond donors (Lipinski definition) is 2. The number of carboxylic acid groups (broad SMARTS) is 1.